The van der Waals surface area contributed by atoms with Gasteiger partial charge in [-0.2, -0.15) is 8.42 Å². The number of esters is 1. The summed E-state index contributed by atoms with van der Waals surface area (Å²) in [4.78, 5) is 11.3. The van der Waals surface area contributed by atoms with Gasteiger partial charge in [0.15, 0.2) is 0 Å². The fourth-order valence-corrected chi connectivity index (χ4v) is 3.01. The van der Waals surface area contributed by atoms with Crippen molar-refractivity contribution in [2.24, 2.45) is 0 Å². The summed E-state index contributed by atoms with van der Waals surface area (Å²) in [5.41, 5.74) is 1.73. The van der Waals surface area contributed by atoms with Gasteiger partial charge in [0.25, 0.3) is 0 Å². The normalized spacial score (nSPS) is 11.0. The molecule has 0 saturated heterocycles. The molecule has 0 aromatic heterocycles. The van der Waals surface area contributed by atoms with Crippen molar-refractivity contribution in [2.45, 2.75) is 18.7 Å². The van der Waals surface area contributed by atoms with Gasteiger partial charge < -0.3 is 8.92 Å². The van der Waals surface area contributed by atoms with Crippen LogP contribution in [0.1, 0.15) is 21.5 Å². The Labute approximate surface area is 129 Å². The lowest BCUT2D eigenvalue weighted by Crippen LogP contribution is -2.12. The summed E-state index contributed by atoms with van der Waals surface area (Å²) in [6, 6.07) is 10.8. The molecule has 0 fully saturated rings. The van der Waals surface area contributed by atoms with Crippen LogP contribution >= 0.6 is 0 Å². The molecule has 0 aliphatic heterocycles. The third-order valence-electron chi connectivity index (χ3n) is 3.17. The first-order valence-corrected chi connectivity index (χ1v) is 7.95. The van der Waals surface area contributed by atoms with Gasteiger partial charge in [-0.25, -0.2) is 4.79 Å². The van der Waals surface area contributed by atoms with Gasteiger partial charge in [-0.1, -0.05) is 18.2 Å². The molecule has 0 amide bonds. The van der Waals surface area contributed by atoms with E-state index in [0.29, 0.717) is 5.75 Å². The van der Waals surface area contributed by atoms with Crippen LogP contribution in [0.15, 0.2) is 47.4 Å². The third-order valence-corrected chi connectivity index (χ3v) is 4.40. The van der Waals surface area contributed by atoms with Crippen molar-refractivity contribution < 1.29 is 22.1 Å². The van der Waals surface area contributed by atoms with Crippen LogP contribution in [0.25, 0.3) is 0 Å². The first-order chi connectivity index (χ1) is 10.3. The number of hydrogen-bond donors (Lipinski definition) is 0. The zero-order chi connectivity index (χ0) is 16.3. The van der Waals surface area contributed by atoms with Gasteiger partial charge in [0.2, 0.25) is 0 Å². The quantitative estimate of drug-likeness (QED) is 0.640. The minimum atomic E-state index is -3.96. The van der Waals surface area contributed by atoms with Crippen molar-refractivity contribution in [1.82, 2.24) is 0 Å². The van der Waals surface area contributed by atoms with Gasteiger partial charge in [-0.05, 0) is 49.2 Å². The summed E-state index contributed by atoms with van der Waals surface area (Å²) in [5, 5.41) is 0. The SMILES string of the molecule is COC(=O)c1ccc(S(=O)(=O)Oc2c(C)cccc2C)cc1. The first kappa shape index (κ1) is 16.0. The standard InChI is InChI=1S/C16H16O5S/c1-11-5-4-6-12(2)15(11)21-22(18,19)14-9-7-13(8-10-14)16(17)20-3/h4-10H,1-3H3. The van der Waals surface area contributed by atoms with E-state index in [9.17, 15) is 13.2 Å². The molecule has 0 unspecified atom stereocenters. The number of rotatable bonds is 4. The number of para-hydroxylation sites is 1. The number of benzene rings is 2. The van der Waals surface area contributed by atoms with Crippen LogP contribution in [-0.4, -0.2) is 21.5 Å². The molecule has 0 radical (unpaired) electrons. The van der Waals surface area contributed by atoms with Crippen LogP contribution in [0, 0.1) is 13.8 Å². The van der Waals surface area contributed by atoms with Crippen molar-refractivity contribution in [1.29, 1.82) is 0 Å². The average Bonchev–Trinajstić information content (AvgIpc) is 2.50. The highest BCUT2D eigenvalue weighted by Gasteiger charge is 2.19. The van der Waals surface area contributed by atoms with Crippen LogP contribution < -0.4 is 4.18 Å². The van der Waals surface area contributed by atoms with E-state index in [4.69, 9.17) is 4.18 Å². The molecule has 0 heterocycles. The Morgan fingerprint density at radius 2 is 1.50 bits per heavy atom. The molecule has 6 heteroatoms. The monoisotopic (exact) mass is 320 g/mol. The zero-order valence-corrected chi connectivity index (χ0v) is 13.3. The van der Waals surface area contributed by atoms with E-state index in [1.54, 1.807) is 26.0 Å². The van der Waals surface area contributed by atoms with E-state index in [1.165, 1.54) is 31.4 Å². The highest BCUT2D eigenvalue weighted by molar-refractivity contribution is 7.87. The van der Waals surface area contributed by atoms with E-state index >= 15 is 0 Å². The fourth-order valence-electron chi connectivity index (χ4n) is 1.96. The van der Waals surface area contributed by atoms with Crippen LogP contribution in [0.2, 0.25) is 0 Å². The second-order valence-corrected chi connectivity index (χ2v) is 6.32. The van der Waals surface area contributed by atoms with E-state index in [1.807, 2.05) is 6.07 Å². The van der Waals surface area contributed by atoms with E-state index in [2.05, 4.69) is 4.74 Å². The van der Waals surface area contributed by atoms with Crippen LogP contribution in [0.4, 0.5) is 0 Å². The molecule has 0 bridgehead atoms. The molecule has 0 saturated carbocycles. The summed E-state index contributed by atoms with van der Waals surface area (Å²) in [7, 11) is -2.70. The topological polar surface area (TPSA) is 69.7 Å². The molecule has 0 atom stereocenters. The molecule has 0 aliphatic rings. The van der Waals surface area contributed by atoms with Crippen molar-refractivity contribution in [2.75, 3.05) is 7.11 Å². The Bertz CT molecular complexity index is 772. The second kappa shape index (κ2) is 6.19. The summed E-state index contributed by atoms with van der Waals surface area (Å²) < 4.78 is 34.4. The largest absolute Gasteiger partial charge is 0.465 e. The van der Waals surface area contributed by atoms with Gasteiger partial charge >= 0.3 is 16.1 Å². The molecule has 5 nitrogen and oxygen atoms in total. The fraction of sp³-hybridized carbons (Fsp3) is 0.188. The molecule has 0 spiro atoms. The van der Waals surface area contributed by atoms with Crippen molar-refractivity contribution in [3.05, 3.63) is 59.2 Å². The Kier molecular flexibility index (Phi) is 4.51. The lowest BCUT2D eigenvalue weighted by molar-refractivity contribution is 0.0600. The zero-order valence-electron chi connectivity index (χ0n) is 12.5. The van der Waals surface area contributed by atoms with E-state index in [-0.39, 0.29) is 10.5 Å². The molecule has 0 aliphatic carbocycles. The lowest BCUT2D eigenvalue weighted by atomic mass is 10.1. The maximum absolute atomic E-state index is 12.3. The van der Waals surface area contributed by atoms with Gasteiger partial charge in [-0.3, -0.25) is 0 Å². The van der Waals surface area contributed by atoms with Gasteiger partial charge in [0.1, 0.15) is 10.6 Å². The smallest absolute Gasteiger partial charge is 0.339 e. The molecular formula is C16H16O5S. The molecule has 22 heavy (non-hydrogen) atoms. The minimum absolute atomic E-state index is 0.0252. The first-order valence-electron chi connectivity index (χ1n) is 6.54. The highest BCUT2D eigenvalue weighted by Crippen LogP contribution is 2.26. The van der Waals surface area contributed by atoms with Gasteiger partial charge in [-0.15, -0.1) is 0 Å². The Morgan fingerprint density at radius 3 is 2.00 bits per heavy atom. The number of carbonyl (C=O) groups is 1. The van der Waals surface area contributed by atoms with Crippen LogP contribution in [0.5, 0.6) is 5.75 Å². The van der Waals surface area contributed by atoms with E-state index in [0.717, 1.165) is 11.1 Å². The average molecular weight is 320 g/mol. The number of aryl methyl sites for hydroxylation is 2. The molecule has 2 aromatic rings. The van der Waals surface area contributed by atoms with Gasteiger partial charge in [0.05, 0.1) is 12.7 Å². The Hall–Kier alpha value is -2.34. The highest BCUT2D eigenvalue weighted by atomic mass is 32.2. The molecule has 2 rings (SSSR count). The number of methoxy groups -OCH3 is 1. The van der Waals surface area contributed by atoms with Gasteiger partial charge in [0, 0.05) is 0 Å². The number of hydrogen-bond acceptors (Lipinski definition) is 5. The van der Waals surface area contributed by atoms with Crippen LogP contribution in [-0.2, 0) is 14.9 Å². The second-order valence-electron chi connectivity index (χ2n) is 4.77. The summed E-state index contributed by atoms with van der Waals surface area (Å²) in [6.07, 6.45) is 0. The van der Waals surface area contributed by atoms with Crippen molar-refractivity contribution in [3.8, 4) is 5.75 Å². The summed E-state index contributed by atoms with van der Waals surface area (Å²) in [6.45, 7) is 3.55. The third kappa shape index (κ3) is 3.28. The van der Waals surface area contributed by atoms with Crippen LogP contribution in [0.3, 0.4) is 0 Å². The number of carbonyl (C=O) groups excluding carboxylic acids is 1. The Balaban J connectivity index is 2.33. The van der Waals surface area contributed by atoms with Crippen molar-refractivity contribution in [3.63, 3.8) is 0 Å². The Morgan fingerprint density at radius 1 is 0.955 bits per heavy atom. The predicted molar refractivity (Wildman–Crippen MR) is 81.5 cm³/mol. The number of ether oxygens (including phenoxy) is 1. The maximum atomic E-state index is 12.3. The summed E-state index contributed by atoms with van der Waals surface area (Å²) >= 11 is 0. The predicted octanol–water partition coefficient (Wildman–Crippen LogP) is 2.86. The summed E-state index contributed by atoms with van der Waals surface area (Å²) in [5.74, 6) is -0.209. The van der Waals surface area contributed by atoms with Crippen molar-refractivity contribution >= 4 is 16.1 Å². The molecule has 116 valence electrons. The minimum Gasteiger partial charge on any atom is -0.465 e. The maximum Gasteiger partial charge on any atom is 0.339 e. The lowest BCUT2D eigenvalue weighted by Gasteiger charge is -2.12. The van der Waals surface area contributed by atoms with E-state index < -0.39 is 16.1 Å². The molecule has 2 aromatic carbocycles. The molecule has 0 N–H and O–H groups in total. The molecular weight excluding hydrogens is 304 g/mol.